The molecule has 0 aliphatic heterocycles. The lowest BCUT2D eigenvalue weighted by Gasteiger charge is -2.13. The minimum atomic E-state index is -4.01. The molecule has 0 aromatic heterocycles. The standard InChI is InChI=1S/C12H13N2O6PS2/c13-22(17,18)11-5-1-9(2-6-11)21(15,16)10-3-7-12(8-4-10)23(14,19)20/h1-8H,(H,15,16)(H2,13,17,18)(H2,14,19,20). The van der Waals surface area contributed by atoms with Gasteiger partial charge in [0.25, 0.3) is 7.37 Å². The van der Waals surface area contributed by atoms with Crippen molar-refractivity contribution in [3.05, 3.63) is 48.5 Å². The Labute approximate surface area is 133 Å². The fraction of sp³-hybridized carbons (Fsp3) is 0. The normalized spacial score (nSPS) is 13.0. The van der Waals surface area contributed by atoms with Crippen LogP contribution in [0.3, 0.4) is 0 Å². The van der Waals surface area contributed by atoms with Crippen molar-refractivity contribution in [2.24, 2.45) is 10.3 Å². The van der Waals surface area contributed by atoms with E-state index < -0.39 is 27.4 Å². The van der Waals surface area contributed by atoms with Gasteiger partial charge in [0.05, 0.1) is 9.79 Å². The van der Waals surface area contributed by atoms with E-state index in [0.717, 1.165) is 24.3 Å². The Morgan fingerprint density at radius 2 is 0.957 bits per heavy atom. The van der Waals surface area contributed by atoms with E-state index in [1.54, 1.807) is 0 Å². The molecule has 0 bridgehead atoms. The van der Waals surface area contributed by atoms with Crippen molar-refractivity contribution in [1.82, 2.24) is 0 Å². The van der Waals surface area contributed by atoms with Gasteiger partial charge in [-0.25, -0.2) is 27.1 Å². The summed E-state index contributed by atoms with van der Waals surface area (Å²) in [6, 6.07) is 9.17. The Morgan fingerprint density at radius 3 is 1.17 bits per heavy atom. The highest BCUT2D eigenvalue weighted by molar-refractivity contribution is 7.89. The molecule has 0 atom stereocenters. The average Bonchev–Trinajstić information content (AvgIpc) is 2.46. The van der Waals surface area contributed by atoms with Gasteiger partial charge in [-0.1, -0.05) is 0 Å². The van der Waals surface area contributed by atoms with Crippen molar-refractivity contribution in [1.29, 1.82) is 0 Å². The molecule has 0 fully saturated rings. The van der Waals surface area contributed by atoms with Crippen LogP contribution < -0.4 is 20.9 Å². The summed E-state index contributed by atoms with van der Waals surface area (Å²) in [5.74, 6) is 0. The van der Waals surface area contributed by atoms with Crippen molar-refractivity contribution >= 4 is 38.0 Å². The zero-order chi connectivity index (χ0) is 17.5. The van der Waals surface area contributed by atoms with Gasteiger partial charge in [0.1, 0.15) is 0 Å². The molecule has 2 aromatic rings. The molecule has 8 nitrogen and oxygen atoms in total. The topological polar surface area (TPSA) is 158 Å². The summed E-state index contributed by atoms with van der Waals surface area (Å²) in [7, 11) is -11.8. The molecule has 5 N–H and O–H groups in total. The molecule has 0 amide bonds. The van der Waals surface area contributed by atoms with E-state index in [4.69, 9.17) is 10.3 Å². The van der Waals surface area contributed by atoms with Crippen LogP contribution in [-0.2, 0) is 24.6 Å². The van der Waals surface area contributed by atoms with Crippen LogP contribution >= 0.6 is 7.37 Å². The lowest BCUT2D eigenvalue weighted by Crippen LogP contribution is -2.18. The number of nitrogens with two attached hydrogens (primary N) is 2. The Balaban J connectivity index is 2.44. The lowest BCUT2D eigenvalue weighted by atomic mass is 10.4. The Bertz CT molecular complexity index is 903. The third kappa shape index (κ3) is 3.86. The Kier molecular flexibility index (Phi) is 4.51. The molecule has 124 valence electrons. The fourth-order valence-electron chi connectivity index (χ4n) is 1.82. The first-order chi connectivity index (χ1) is 10.4. The fourth-order valence-corrected chi connectivity index (χ4v) is 4.26. The van der Waals surface area contributed by atoms with Gasteiger partial charge < -0.3 is 4.89 Å². The van der Waals surface area contributed by atoms with Crippen molar-refractivity contribution in [2.45, 2.75) is 9.79 Å². The van der Waals surface area contributed by atoms with Crippen molar-refractivity contribution in [3.63, 3.8) is 0 Å². The van der Waals surface area contributed by atoms with Gasteiger partial charge in [-0.2, -0.15) is 0 Å². The second-order valence-electron chi connectivity index (χ2n) is 4.65. The summed E-state index contributed by atoms with van der Waals surface area (Å²) >= 11 is 0. The van der Waals surface area contributed by atoms with Crippen LogP contribution in [0, 0.1) is 0 Å². The lowest BCUT2D eigenvalue weighted by molar-refractivity contribution is 0.501. The second-order valence-corrected chi connectivity index (χ2v) is 9.96. The first-order valence-corrected chi connectivity index (χ1v) is 10.8. The third-order valence-electron chi connectivity index (χ3n) is 3.03. The van der Waals surface area contributed by atoms with Crippen LogP contribution in [0.5, 0.6) is 0 Å². The summed E-state index contributed by atoms with van der Waals surface area (Å²) in [4.78, 5) is 9.86. The molecule has 0 heterocycles. The van der Waals surface area contributed by atoms with Crippen LogP contribution in [0.4, 0.5) is 0 Å². The first-order valence-electron chi connectivity index (χ1n) is 6.02. The molecule has 0 radical (unpaired) electrons. The molecular formula is C12H13N2O6PS2. The Morgan fingerprint density at radius 1 is 0.696 bits per heavy atom. The highest BCUT2D eigenvalue weighted by Gasteiger charge is 2.25. The maximum atomic E-state index is 12.5. The minimum absolute atomic E-state index is 0.0201. The maximum Gasteiger partial charge on any atom is 0.258 e. The summed E-state index contributed by atoms with van der Waals surface area (Å²) in [5, 5.41) is 9.87. The Hall–Kier alpha value is -1.55. The number of rotatable bonds is 4. The van der Waals surface area contributed by atoms with Gasteiger partial charge in [-0.15, -0.1) is 0 Å². The molecule has 11 heteroatoms. The summed E-state index contributed by atoms with van der Waals surface area (Å²) in [6.07, 6.45) is 0. The van der Waals surface area contributed by atoms with Crippen LogP contribution in [0.15, 0.2) is 58.3 Å². The SMILES string of the molecule is NS(=O)(=O)c1ccc(P(=O)(O)c2ccc(S(N)(=O)=O)cc2)cc1. The van der Waals surface area contributed by atoms with Crippen LogP contribution in [0.1, 0.15) is 0 Å². The van der Waals surface area contributed by atoms with E-state index in [1.807, 2.05) is 0 Å². The van der Waals surface area contributed by atoms with Gasteiger partial charge in [0.15, 0.2) is 0 Å². The van der Waals surface area contributed by atoms with E-state index in [-0.39, 0.29) is 20.4 Å². The van der Waals surface area contributed by atoms with E-state index in [9.17, 15) is 26.3 Å². The van der Waals surface area contributed by atoms with E-state index in [0.29, 0.717) is 0 Å². The van der Waals surface area contributed by atoms with Crippen LogP contribution in [0.25, 0.3) is 0 Å². The number of hydrogen-bond donors (Lipinski definition) is 3. The molecular weight excluding hydrogens is 363 g/mol. The highest BCUT2D eigenvalue weighted by Crippen LogP contribution is 2.38. The predicted octanol–water partition coefficient (Wildman–Crippen LogP) is -0.797. The van der Waals surface area contributed by atoms with Gasteiger partial charge in [-0.05, 0) is 48.5 Å². The largest absolute Gasteiger partial charge is 0.338 e. The van der Waals surface area contributed by atoms with Crippen molar-refractivity contribution in [2.75, 3.05) is 0 Å². The monoisotopic (exact) mass is 376 g/mol. The highest BCUT2D eigenvalue weighted by atomic mass is 32.2. The van der Waals surface area contributed by atoms with Gasteiger partial charge in [-0.3, -0.25) is 4.57 Å². The molecule has 0 saturated heterocycles. The minimum Gasteiger partial charge on any atom is -0.338 e. The number of sulfonamides is 2. The van der Waals surface area contributed by atoms with Gasteiger partial charge in [0, 0.05) is 10.6 Å². The van der Waals surface area contributed by atoms with Crippen LogP contribution in [0.2, 0.25) is 0 Å². The van der Waals surface area contributed by atoms with Crippen LogP contribution in [-0.4, -0.2) is 21.7 Å². The predicted molar refractivity (Wildman–Crippen MR) is 84.7 cm³/mol. The zero-order valence-electron chi connectivity index (χ0n) is 11.5. The molecule has 0 unspecified atom stereocenters. The van der Waals surface area contributed by atoms with Crippen molar-refractivity contribution in [3.8, 4) is 0 Å². The molecule has 0 saturated carbocycles. The van der Waals surface area contributed by atoms with Crippen molar-refractivity contribution < 1.29 is 26.3 Å². The summed E-state index contributed by atoms with van der Waals surface area (Å²) in [5.41, 5.74) is 0. The number of primary sulfonamides is 2. The number of benzene rings is 2. The zero-order valence-corrected chi connectivity index (χ0v) is 14.1. The maximum absolute atomic E-state index is 12.5. The molecule has 0 aliphatic rings. The first kappa shape index (κ1) is 17.8. The summed E-state index contributed by atoms with van der Waals surface area (Å²) in [6.45, 7) is 0. The molecule has 2 aromatic carbocycles. The van der Waals surface area contributed by atoms with E-state index in [1.165, 1.54) is 24.3 Å². The molecule has 2 rings (SSSR count). The smallest absolute Gasteiger partial charge is 0.258 e. The van der Waals surface area contributed by atoms with Gasteiger partial charge in [0.2, 0.25) is 20.0 Å². The van der Waals surface area contributed by atoms with E-state index in [2.05, 4.69) is 0 Å². The molecule has 0 aliphatic carbocycles. The summed E-state index contributed by atoms with van der Waals surface area (Å²) < 4.78 is 57.2. The second kappa shape index (κ2) is 5.82. The average molecular weight is 376 g/mol. The molecule has 23 heavy (non-hydrogen) atoms. The number of hydrogen-bond acceptors (Lipinski definition) is 5. The third-order valence-corrected chi connectivity index (χ3v) is 6.89. The van der Waals surface area contributed by atoms with E-state index >= 15 is 0 Å². The quantitative estimate of drug-likeness (QED) is 0.593. The van der Waals surface area contributed by atoms with Gasteiger partial charge >= 0.3 is 0 Å². The molecule has 0 spiro atoms.